The topological polar surface area (TPSA) is 67.8 Å². The lowest BCUT2D eigenvalue weighted by Crippen LogP contribution is -2.17. The molecule has 1 aliphatic rings. The van der Waals surface area contributed by atoms with Crippen molar-refractivity contribution in [2.75, 3.05) is 18.5 Å². The maximum atomic E-state index is 12.3. The number of rotatable bonds is 2. The van der Waals surface area contributed by atoms with Crippen molar-refractivity contribution in [3.63, 3.8) is 0 Å². The summed E-state index contributed by atoms with van der Waals surface area (Å²) in [6, 6.07) is 10.1. The van der Waals surface area contributed by atoms with Crippen LogP contribution >= 0.6 is 0 Å². The molecule has 0 saturated carbocycles. The maximum Gasteiger partial charge on any atom is 0.255 e. The number of phenolic OH excluding ortho intramolecular Hbond substituents is 1. The van der Waals surface area contributed by atoms with Crippen LogP contribution < -0.4 is 14.8 Å². The third-order valence-electron chi connectivity index (χ3n) is 3.36. The molecule has 1 amide bonds. The number of anilines is 1. The van der Waals surface area contributed by atoms with Gasteiger partial charge in [-0.25, -0.2) is 0 Å². The van der Waals surface area contributed by atoms with Crippen molar-refractivity contribution in [3.05, 3.63) is 47.5 Å². The van der Waals surface area contributed by atoms with Gasteiger partial charge < -0.3 is 19.9 Å². The van der Waals surface area contributed by atoms with Gasteiger partial charge in [-0.15, -0.1) is 0 Å². The van der Waals surface area contributed by atoms with Gasteiger partial charge in [0.15, 0.2) is 11.5 Å². The molecular weight excluding hydrogens is 270 g/mol. The molecule has 21 heavy (non-hydrogen) atoms. The molecule has 0 saturated heterocycles. The molecule has 0 fully saturated rings. The Labute approximate surface area is 122 Å². The SMILES string of the molecule is Cc1c(O)cccc1NC(=O)c1ccc2c(c1)OCCO2. The Morgan fingerprint density at radius 1 is 1.14 bits per heavy atom. The summed E-state index contributed by atoms with van der Waals surface area (Å²) in [5.41, 5.74) is 1.68. The number of carbonyl (C=O) groups is 1. The predicted molar refractivity (Wildman–Crippen MR) is 78.2 cm³/mol. The molecule has 2 aromatic rings. The first-order valence-electron chi connectivity index (χ1n) is 6.65. The highest BCUT2D eigenvalue weighted by Crippen LogP contribution is 2.31. The lowest BCUT2D eigenvalue weighted by molar-refractivity contribution is 0.102. The number of phenols is 1. The van der Waals surface area contributed by atoms with E-state index in [1.165, 1.54) is 0 Å². The number of nitrogens with one attached hydrogen (secondary N) is 1. The van der Waals surface area contributed by atoms with Crippen molar-refractivity contribution in [1.82, 2.24) is 0 Å². The molecule has 0 aromatic heterocycles. The minimum atomic E-state index is -0.263. The highest BCUT2D eigenvalue weighted by molar-refractivity contribution is 6.05. The number of amides is 1. The van der Waals surface area contributed by atoms with Gasteiger partial charge in [-0.3, -0.25) is 4.79 Å². The van der Waals surface area contributed by atoms with Crippen LogP contribution in [0.3, 0.4) is 0 Å². The van der Waals surface area contributed by atoms with Crippen LogP contribution in [0.15, 0.2) is 36.4 Å². The Balaban J connectivity index is 1.84. The van der Waals surface area contributed by atoms with Crippen LogP contribution in [-0.4, -0.2) is 24.2 Å². The standard InChI is InChI=1S/C16H15NO4/c1-10-12(3-2-4-13(10)18)17-16(19)11-5-6-14-15(9-11)21-8-7-20-14/h2-6,9,18H,7-8H2,1H3,(H,17,19). The summed E-state index contributed by atoms with van der Waals surface area (Å²) in [6.07, 6.45) is 0. The lowest BCUT2D eigenvalue weighted by atomic mass is 10.1. The van der Waals surface area contributed by atoms with Gasteiger partial charge in [0.05, 0.1) is 0 Å². The molecule has 1 aliphatic heterocycles. The van der Waals surface area contributed by atoms with E-state index in [2.05, 4.69) is 5.32 Å². The summed E-state index contributed by atoms with van der Waals surface area (Å²) in [4.78, 5) is 12.3. The molecular formula is C16H15NO4. The van der Waals surface area contributed by atoms with E-state index < -0.39 is 0 Å². The third kappa shape index (κ3) is 2.63. The maximum absolute atomic E-state index is 12.3. The first-order valence-corrected chi connectivity index (χ1v) is 6.65. The molecule has 2 aromatic carbocycles. The second-order valence-corrected chi connectivity index (χ2v) is 4.76. The minimum absolute atomic E-state index is 0.148. The third-order valence-corrected chi connectivity index (χ3v) is 3.36. The Bertz CT molecular complexity index is 697. The fourth-order valence-corrected chi connectivity index (χ4v) is 2.14. The van der Waals surface area contributed by atoms with Crippen molar-refractivity contribution < 1.29 is 19.4 Å². The largest absolute Gasteiger partial charge is 0.508 e. The molecule has 108 valence electrons. The van der Waals surface area contributed by atoms with Gasteiger partial charge in [-0.05, 0) is 37.3 Å². The van der Waals surface area contributed by atoms with Crippen molar-refractivity contribution in [3.8, 4) is 17.2 Å². The molecule has 5 heteroatoms. The van der Waals surface area contributed by atoms with Gasteiger partial charge in [-0.2, -0.15) is 0 Å². The quantitative estimate of drug-likeness (QED) is 0.890. The van der Waals surface area contributed by atoms with E-state index in [0.717, 1.165) is 0 Å². The molecule has 2 N–H and O–H groups in total. The molecule has 1 heterocycles. The first-order chi connectivity index (χ1) is 10.1. The highest BCUT2D eigenvalue weighted by Gasteiger charge is 2.15. The molecule has 0 bridgehead atoms. The van der Waals surface area contributed by atoms with Crippen LogP contribution in [0, 0.1) is 6.92 Å². The van der Waals surface area contributed by atoms with E-state index in [1.807, 2.05) is 0 Å². The number of carbonyl (C=O) groups excluding carboxylic acids is 1. The smallest absolute Gasteiger partial charge is 0.255 e. The summed E-state index contributed by atoms with van der Waals surface area (Å²) in [5.74, 6) is 1.10. The molecule has 5 nitrogen and oxygen atoms in total. The van der Waals surface area contributed by atoms with Crippen LogP contribution in [0.1, 0.15) is 15.9 Å². The van der Waals surface area contributed by atoms with Gasteiger partial charge in [0.25, 0.3) is 5.91 Å². The Hall–Kier alpha value is -2.69. The van der Waals surface area contributed by atoms with Crippen molar-refractivity contribution in [2.45, 2.75) is 6.92 Å². The minimum Gasteiger partial charge on any atom is -0.508 e. The number of fused-ring (bicyclic) bond motifs is 1. The fourth-order valence-electron chi connectivity index (χ4n) is 2.14. The second-order valence-electron chi connectivity index (χ2n) is 4.76. The number of hydrogen-bond donors (Lipinski definition) is 2. The van der Waals surface area contributed by atoms with Gasteiger partial charge in [0.1, 0.15) is 19.0 Å². The summed E-state index contributed by atoms with van der Waals surface area (Å²) >= 11 is 0. The average Bonchev–Trinajstić information content (AvgIpc) is 2.51. The Morgan fingerprint density at radius 3 is 2.71 bits per heavy atom. The number of ether oxygens (including phenoxy) is 2. The van der Waals surface area contributed by atoms with Gasteiger partial charge in [0, 0.05) is 16.8 Å². The van der Waals surface area contributed by atoms with Gasteiger partial charge >= 0.3 is 0 Å². The van der Waals surface area contributed by atoms with Crippen LogP contribution in [0.4, 0.5) is 5.69 Å². The molecule has 0 spiro atoms. The summed E-state index contributed by atoms with van der Waals surface area (Å²) in [5, 5.41) is 12.4. The molecule has 0 atom stereocenters. The zero-order chi connectivity index (χ0) is 14.8. The highest BCUT2D eigenvalue weighted by atomic mass is 16.6. The summed E-state index contributed by atoms with van der Waals surface area (Å²) < 4.78 is 10.9. The Kier molecular flexibility index (Phi) is 3.39. The number of aromatic hydroxyl groups is 1. The van der Waals surface area contributed by atoms with E-state index in [9.17, 15) is 9.90 Å². The number of benzene rings is 2. The summed E-state index contributed by atoms with van der Waals surface area (Å²) in [6.45, 7) is 2.74. The molecule has 3 rings (SSSR count). The lowest BCUT2D eigenvalue weighted by Gasteiger charge is -2.18. The van der Waals surface area contributed by atoms with E-state index in [-0.39, 0.29) is 11.7 Å². The van der Waals surface area contributed by atoms with E-state index in [0.29, 0.717) is 41.5 Å². The molecule has 0 unspecified atom stereocenters. The fraction of sp³-hybridized carbons (Fsp3) is 0.188. The predicted octanol–water partition coefficient (Wildman–Crippen LogP) is 2.72. The molecule has 0 radical (unpaired) electrons. The van der Waals surface area contributed by atoms with Crippen molar-refractivity contribution in [1.29, 1.82) is 0 Å². The van der Waals surface area contributed by atoms with E-state index in [1.54, 1.807) is 43.3 Å². The Morgan fingerprint density at radius 2 is 1.90 bits per heavy atom. The second kappa shape index (κ2) is 5.36. The molecule has 0 aliphatic carbocycles. The van der Waals surface area contributed by atoms with Gasteiger partial charge in [-0.1, -0.05) is 6.07 Å². The zero-order valence-electron chi connectivity index (χ0n) is 11.6. The van der Waals surface area contributed by atoms with Crippen LogP contribution in [-0.2, 0) is 0 Å². The van der Waals surface area contributed by atoms with Crippen LogP contribution in [0.2, 0.25) is 0 Å². The van der Waals surface area contributed by atoms with E-state index >= 15 is 0 Å². The monoisotopic (exact) mass is 285 g/mol. The van der Waals surface area contributed by atoms with Crippen LogP contribution in [0.5, 0.6) is 17.2 Å². The summed E-state index contributed by atoms with van der Waals surface area (Å²) in [7, 11) is 0. The van der Waals surface area contributed by atoms with Gasteiger partial charge in [0.2, 0.25) is 0 Å². The van der Waals surface area contributed by atoms with Crippen molar-refractivity contribution in [2.24, 2.45) is 0 Å². The first kappa shape index (κ1) is 13.3. The normalized spacial score (nSPS) is 12.8. The number of hydrogen-bond acceptors (Lipinski definition) is 4. The van der Waals surface area contributed by atoms with Crippen LogP contribution in [0.25, 0.3) is 0 Å². The van der Waals surface area contributed by atoms with Crippen molar-refractivity contribution >= 4 is 11.6 Å². The average molecular weight is 285 g/mol. The zero-order valence-corrected chi connectivity index (χ0v) is 11.6. The van der Waals surface area contributed by atoms with E-state index in [4.69, 9.17) is 9.47 Å².